The Bertz CT molecular complexity index is 360. The molecule has 1 N–H and O–H groups in total. The molecule has 3 heteroatoms. The van der Waals surface area contributed by atoms with Crippen molar-refractivity contribution in [2.45, 2.75) is 37.9 Å². The fourth-order valence-corrected chi connectivity index (χ4v) is 2.40. The fraction of sp³-hybridized carbons (Fsp3) is 0.571. The summed E-state index contributed by atoms with van der Waals surface area (Å²) in [6, 6.07) is 8.01. The molecular formula is C14H20O3. The van der Waals surface area contributed by atoms with Gasteiger partial charge in [-0.1, -0.05) is 12.1 Å². The van der Waals surface area contributed by atoms with E-state index in [1.807, 2.05) is 12.1 Å². The number of aliphatic hydroxyl groups excluding tert-OH is 1. The molecule has 0 amide bonds. The van der Waals surface area contributed by atoms with Gasteiger partial charge in [0.1, 0.15) is 5.75 Å². The van der Waals surface area contributed by atoms with Crippen LogP contribution in [0.3, 0.4) is 0 Å². The van der Waals surface area contributed by atoms with Gasteiger partial charge in [0.15, 0.2) is 0 Å². The van der Waals surface area contributed by atoms with Gasteiger partial charge >= 0.3 is 0 Å². The predicted molar refractivity (Wildman–Crippen MR) is 66.3 cm³/mol. The van der Waals surface area contributed by atoms with Crippen molar-refractivity contribution < 1.29 is 14.6 Å². The van der Waals surface area contributed by atoms with Crippen LogP contribution in [0.25, 0.3) is 0 Å². The molecular weight excluding hydrogens is 216 g/mol. The molecule has 0 spiro atoms. The maximum absolute atomic E-state index is 9.70. The van der Waals surface area contributed by atoms with Crippen LogP contribution >= 0.6 is 0 Å². The van der Waals surface area contributed by atoms with Gasteiger partial charge in [-0.15, -0.1) is 0 Å². The van der Waals surface area contributed by atoms with E-state index in [1.165, 1.54) is 5.56 Å². The number of ether oxygens (including phenoxy) is 2. The summed E-state index contributed by atoms with van der Waals surface area (Å²) in [4.78, 5) is 0. The average molecular weight is 236 g/mol. The van der Waals surface area contributed by atoms with Crippen LogP contribution in [-0.4, -0.2) is 30.5 Å². The van der Waals surface area contributed by atoms with Gasteiger partial charge in [-0.25, -0.2) is 0 Å². The second-order valence-corrected chi connectivity index (χ2v) is 4.97. The van der Waals surface area contributed by atoms with E-state index in [4.69, 9.17) is 9.47 Å². The lowest BCUT2D eigenvalue weighted by molar-refractivity contribution is -0.106. The second-order valence-electron chi connectivity index (χ2n) is 4.97. The molecule has 1 saturated heterocycles. The van der Waals surface area contributed by atoms with Gasteiger partial charge in [-0.05, 0) is 31.0 Å². The van der Waals surface area contributed by atoms with Crippen molar-refractivity contribution in [2.75, 3.05) is 13.7 Å². The van der Waals surface area contributed by atoms with E-state index >= 15 is 0 Å². The number of aliphatic hydroxyl groups is 1. The Morgan fingerprint density at radius 2 is 2.12 bits per heavy atom. The van der Waals surface area contributed by atoms with Crippen molar-refractivity contribution in [3.8, 4) is 5.75 Å². The summed E-state index contributed by atoms with van der Waals surface area (Å²) in [5.41, 5.74) is 0.967. The largest absolute Gasteiger partial charge is 0.497 e. The smallest absolute Gasteiger partial charge is 0.118 e. The summed E-state index contributed by atoms with van der Waals surface area (Å²) < 4.78 is 10.9. The van der Waals surface area contributed by atoms with Crippen LogP contribution < -0.4 is 4.74 Å². The normalized spacial score (nSPS) is 29.0. The highest BCUT2D eigenvalue weighted by Crippen LogP contribution is 2.29. The Labute approximate surface area is 102 Å². The van der Waals surface area contributed by atoms with E-state index < -0.39 is 0 Å². The van der Waals surface area contributed by atoms with Crippen LogP contribution in [0.4, 0.5) is 0 Å². The summed E-state index contributed by atoms with van der Waals surface area (Å²) in [5.74, 6) is 0.864. The van der Waals surface area contributed by atoms with Crippen molar-refractivity contribution in [3.63, 3.8) is 0 Å². The van der Waals surface area contributed by atoms with Crippen LogP contribution in [0.15, 0.2) is 24.3 Å². The topological polar surface area (TPSA) is 38.7 Å². The summed E-state index contributed by atoms with van der Waals surface area (Å²) in [6.45, 7) is 2.72. The predicted octanol–water partition coefficient (Wildman–Crippen LogP) is 2.17. The van der Waals surface area contributed by atoms with Gasteiger partial charge in [0, 0.05) is 19.4 Å². The second kappa shape index (κ2) is 5.07. The highest BCUT2D eigenvalue weighted by molar-refractivity contribution is 5.28. The molecule has 0 radical (unpaired) electrons. The molecule has 2 rings (SSSR count). The molecule has 0 aliphatic carbocycles. The van der Waals surface area contributed by atoms with Gasteiger partial charge in [0.05, 0.1) is 18.8 Å². The molecule has 1 fully saturated rings. The zero-order valence-electron chi connectivity index (χ0n) is 10.5. The number of hydrogen-bond donors (Lipinski definition) is 1. The van der Waals surface area contributed by atoms with Crippen LogP contribution in [0.5, 0.6) is 5.75 Å². The first kappa shape index (κ1) is 12.4. The van der Waals surface area contributed by atoms with E-state index in [0.717, 1.165) is 18.6 Å². The maximum atomic E-state index is 9.70. The molecule has 94 valence electrons. The third-order valence-corrected chi connectivity index (χ3v) is 3.31. The SMILES string of the molecule is COc1ccc(CC2(C)CC(O)CCO2)cc1. The molecule has 2 unspecified atom stereocenters. The van der Waals surface area contributed by atoms with Gasteiger partial charge < -0.3 is 14.6 Å². The lowest BCUT2D eigenvalue weighted by atomic mass is 9.88. The standard InChI is InChI=1S/C14H20O3/c1-14(10-12(15)7-8-17-14)9-11-3-5-13(16-2)6-4-11/h3-6,12,15H,7-10H2,1-2H3. The molecule has 2 atom stereocenters. The summed E-state index contributed by atoms with van der Waals surface area (Å²) >= 11 is 0. The highest BCUT2D eigenvalue weighted by atomic mass is 16.5. The molecule has 0 aromatic heterocycles. The lowest BCUT2D eigenvalue weighted by Crippen LogP contribution is -2.41. The van der Waals surface area contributed by atoms with Gasteiger partial charge in [-0.2, -0.15) is 0 Å². The quantitative estimate of drug-likeness (QED) is 0.874. The maximum Gasteiger partial charge on any atom is 0.118 e. The van der Waals surface area contributed by atoms with Gasteiger partial charge in [0.25, 0.3) is 0 Å². The first-order valence-electron chi connectivity index (χ1n) is 6.06. The van der Waals surface area contributed by atoms with Crippen molar-refractivity contribution in [2.24, 2.45) is 0 Å². The van der Waals surface area contributed by atoms with Crippen molar-refractivity contribution >= 4 is 0 Å². The Morgan fingerprint density at radius 3 is 2.71 bits per heavy atom. The van der Waals surface area contributed by atoms with E-state index in [2.05, 4.69) is 19.1 Å². The minimum atomic E-state index is -0.244. The van der Waals surface area contributed by atoms with E-state index in [0.29, 0.717) is 13.0 Å². The molecule has 1 aliphatic heterocycles. The molecule has 1 aliphatic rings. The number of methoxy groups -OCH3 is 1. The first-order chi connectivity index (χ1) is 8.11. The summed E-state index contributed by atoms with van der Waals surface area (Å²) in [6.07, 6.45) is 2.05. The minimum absolute atomic E-state index is 0.230. The number of rotatable bonds is 3. The number of hydrogen-bond acceptors (Lipinski definition) is 3. The Kier molecular flexibility index (Phi) is 3.69. The third kappa shape index (κ3) is 3.20. The van der Waals surface area contributed by atoms with Crippen molar-refractivity contribution in [3.05, 3.63) is 29.8 Å². The Balaban J connectivity index is 2.03. The third-order valence-electron chi connectivity index (χ3n) is 3.31. The van der Waals surface area contributed by atoms with Gasteiger partial charge in [0.2, 0.25) is 0 Å². The zero-order chi connectivity index (χ0) is 12.3. The summed E-state index contributed by atoms with van der Waals surface area (Å²) in [7, 11) is 1.66. The van der Waals surface area contributed by atoms with Crippen LogP contribution in [-0.2, 0) is 11.2 Å². The number of benzene rings is 1. The van der Waals surface area contributed by atoms with E-state index in [9.17, 15) is 5.11 Å². The highest BCUT2D eigenvalue weighted by Gasteiger charge is 2.32. The Morgan fingerprint density at radius 1 is 1.41 bits per heavy atom. The molecule has 0 bridgehead atoms. The molecule has 3 nitrogen and oxygen atoms in total. The van der Waals surface area contributed by atoms with Crippen molar-refractivity contribution in [1.82, 2.24) is 0 Å². The van der Waals surface area contributed by atoms with Crippen LogP contribution in [0, 0.1) is 0 Å². The average Bonchev–Trinajstić information content (AvgIpc) is 2.29. The summed E-state index contributed by atoms with van der Waals surface area (Å²) in [5, 5.41) is 9.70. The fourth-order valence-electron chi connectivity index (χ4n) is 2.40. The Hall–Kier alpha value is -1.06. The van der Waals surface area contributed by atoms with Crippen molar-refractivity contribution in [1.29, 1.82) is 0 Å². The van der Waals surface area contributed by atoms with Gasteiger partial charge in [-0.3, -0.25) is 0 Å². The van der Waals surface area contributed by atoms with Crippen LogP contribution in [0.1, 0.15) is 25.3 Å². The molecule has 17 heavy (non-hydrogen) atoms. The first-order valence-corrected chi connectivity index (χ1v) is 6.06. The minimum Gasteiger partial charge on any atom is -0.497 e. The van der Waals surface area contributed by atoms with E-state index in [-0.39, 0.29) is 11.7 Å². The zero-order valence-corrected chi connectivity index (χ0v) is 10.5. The molecule has 1 heterocycles. The molecule has 1 aromatic rings. The lowest BCUT2D eigenvalue weighted by Gasteiger charge is -2.36. The van der Waals surface area contributed by atoms with Crippen LogP contribution in [0.2, 0.25) is 0 Å². The molecule has 0 saturated carbocycles. The monoisotopic (exact) mass is 236 g/mol. The molecule has 1 aromatic carbocycles. The van der Waals surface area contributed by atoms with E-state index in [1.54, 1.807) is 7.11 Å².